The summed E-state index contributed by atoms with van der Waals surface area (Å²) in [7, 11) is 0. The molecule has 2 aromatic heterocycles. The molecule has 8 nitrogen and oxygen atoms in total. The Balaban J connectivity index is 1.43. The fraction of sp³-hybridized carbons (Fsp3) is 0.276. The molecule has 2 amide bonds. The maximum Gasteiger partial charge on any atom is 0.226 e. The van der Waals surface area contributed by atoms with Gasteiger partial charge in [0.15, 0.2) is 12.0 Å². The lowest BCUT2D eigenvalue weighted by atomic mass is 9.88. The number of anilines is 1. The highest BCUT2D eigenvalue weighted by Crippen LogP contribution is 2.30. The number of aromatic nitrogens is 2. The first-order chi connectivity index (χ1) is 18.0. The average Bonchev–Trinajstić information content (AvgIpc) is 3.58. The van der Waals surface area contributed by atoms with E-state index in [1.54, 1.807) is 23.1 Å². The van der Waals surface area contributed by atoms with Gasteiger partial charge in [0, 0.05) is 30.9 Å². The summed E-state index contributed by atoms with van der Waals surface area (Å²) < 4.78 is 7.16. The van der Waals surface area contributed by atoms with Crippen molar-refractivity contribution >= 4 is 17.6 Å². The lowest BCUT2D eigenvalue weighted by Crippen LogP contribution is -2.55. The van der Waals surface area contributed by atoms with Crippen molar-refractivity contribution in [2.45, 2.75) is 44.9 Å². The van der Waals surface area contributed by atoms with Crippen LogP contribution >= 0.6 is 0 Å². The molecule has 37 heavy (non-hydrogen) atoms. The van der Waals surface area contributed by atoms with Crippen LogP contribution < -0.4 is 16.0 Å². The fourth-order valence-corrected chi connectivity index (χ4v) is 4.68. The normalized spacial score (nSPS) is 17.7. The summed E-state index contributed by atoms with van der Waals surface area (Å²) in [5.74, 6) is 0.961. The van der Waals surface area contributed by atoms with Crippen LogP contribution in [0.25, 0.3) is 11.5 Å². The van der Waals surface area contributed by atoms with Crippen LogP contribution in [0.5, 0.6) is 0 Å². The Bertz CT molecular complexity index is 1290. The minimum Gasteiger partial charge on any atom is -0.463 e. The minimum atomic E-state index is -0.605. The first-order valence-electron chi connectivity index (χ1n) is 12.6. The summed E-state index contributed by atoms with van der Waals surface area (Å²) in [4.78, 5) is 25.9. The van der Waals surface area contributed by atoms with Gasteiger partial charge in [-0.3, -0.25) is 14.9 Å². The molecule has 0 aliphatic carbocycles. The molecule has 4 aromatic rings. The van der Waals surface area contributed by atoms with Crippen molar-refractivity contribution in [3.63, 3.8) is 0 Å². The number of rotatable bonds is 8. The van der Waals surface area contributed by atoms with E-state index in [-0.39, 0.29) is 36.1 Å². The second-order valence-electron chi connectivity index (χ2n) is 9.65. The van der Waals surface area contributed by atoms with Crippen LogP contribution in [0.2, 0.25) is 0 Å². The molecule has 0 bridgehead atoms. The molecule has 0 spiro atoms. The summed E-state index contributed by atoms with van der Waals surface area (Å²) in [6.45, 7) is 4.14. The summed E-state index contributed by atoms with van der Waals surface area (Å²) in [6, 6.07) is 25.4. The van der Waals surface area contributed by atoms with Gasteiger partial charge in [0.25, 0.3) is 0 Å². The van der Waals surface area contributed by atoms with Crippen LogP contribution in [0.15, 0.2) is 89.5 Å². The number of hydrogen-bond acceptors (Lipinski definition) is 5. The Hall–Kier alpha value is -4.17. The molecule has 0 radical (unpaired) electrons. The van der Waals surface area contributed by atoms with E-state index in [0.717, 1.165) is 11.1 Å². The maximum absolute atomic E-state index is 13.5. The summed E-state index contributed by atoms with van der Waals surface area (Å²) in [6.07, 6.45) is 1.60. The van der Waals surface area contributed by atoms with E-state index in [1.165, 1.54) is 0 Å². The van der Waals surface area contributed by atoms with Gasteiger partial charge in [0.05, 0.1) is 6.26 Å². The molecule has 2 aromatic carbocycles. The molecule has 3 N–H and O–H groups in total. The third-order valence-electron chi connectivity index (χ3n) is 6.69. The predicted molar refractivity (Wildman–Crippen MR) is 141 cm³/mol. The fourth-order valence-electron chi connectivity index (χ4n) is 4.68. The monoisotopic (exact) mass is 497 g/mol. The standard InChI is InChI=1S/C29H31N5O3/c1-19(2)23-18-28(36)32-29(30-23)34-26(17-24(33-34)25-14-9-15-37-25)31-27(35)16-22(20-10-5-3-6-11-20)21-12-7-4-8-13-21/h3-15,17,19,22-23,29-30H,16,18H2,1-2H3,(H,31,35)(H,32,36). The van der Waals surface area contributed by atoms with Crippen molar-refractivity contribution < 1.29 is 14.0 Å². The molecule has 8 heteroatoms. The van der Waals surface area contributed by atoms with Gasteiger partial charge in [-0.1, -0.05) is 74.5 Å². The maximum atomic E-state index is 13.5. The average molecular weight is 498 g/mol. The third-order valence-corrected chi connectivity index (χ3v) is 6.69. The SMILES string of the molecule is CC(C)C1CC(=O)NC(n2nc(-c3ccco3)cc2NC(=O)CC(c2ccccc2)c2ccccc2)N1. The van der Waals surface area contributed by atoms with Gasteiger partial charge in [-0.15, -0.1) is 0 Å². The number of nitrogens with zero attached hydrogens (tertiary/aromatic N) is 2. The lowest BCUT2D eigenvalue weighted by Gasteiger charge is -2.34. The van der Waals surface area contributed by atoms with E-state index in [4.69, 9.17) is 4.42 Å². The molecule has 1 aliphatic rings. The Labute approximate surface area is 216 Å². The first kappa shape index (κ1) is 24.5. The van der Waals surface area contributed by atoms with E-state index >= 15 is 0 Å². The lowest BCUT2D eigenvalue weighted by molar-refractivity contribution is -0.126. The van der Waals surface area contributed by atoms with E-state index < -0.39 is 6.29 Å². The summed E-state index contributed by atoms with van der Waals surface area (Å²) in [5.41, 5.74) is 2.69. The smallest absolute Gasteiger partial charge is 0.226 e. The van der Waals surface area contributed by atoms with Crippen LogP contribution in [0.3, 0.4) is 0 Å². The van der Waals surface area contributed by atoms with Crippen LogP contribution in [-0.4, -0.2) is 27.6 Å². The van der Waals surface area contributed by atoms with Crippen molar-refractivity contribution in [1.82, 2.24) is 20.4 Å². The Kier molecular flexibility index (Phi) is 7.18. The van der Waals surface area contributed by atoms with Gasteiger partial charge < -0.3 is 15.1 Å². The second-order valence-corrected chi connectivity index (χ2v) is 9.65. The number of carbonyl (C=O) groups excluding carboxylic acids is 2. The van der Waals surface area contributed by atoms with Gasteiger partial charge in [-0.2, -0.15) is 5.10 Å². The van der Waals surface area contributed by atoms with Gasteiger partial charge >= 0.3 is 0 Å². The first-order valence-corrected chi connectivity index (χ1v) is 12.6. The largest absolute Gasteiger partial charge is 0.463 e. The van der Waals surface area contributed by atoms with Crippen LogP contribution in [0.4, 0.5) is 5.82 Å². The van der Waals surface area contributed by atoms with E-state index in [9.17, 15) is 9.59 Å². The molecule has 1 aliphatic heterocycles. The van der Waals surface area contributed by atoms with E-state index in [2.05, 4.69) is 34.9 Å². The number of nitrogens with one attached hydrogen (secondary N) is 3. The molecular formula is C29H31N5O3. The number of benzene rings is 2. The quantitative estimate of drug-likeness (QED) is 0.322. The van der Waals surface area contributed by atoms with Crippen LogP contribution in [0.1, 0.15) is 50.0 Å². The van der Waals surface area contributed by atoms with Crippen LogP contribution in [-0.2, 0) is 9.59 Å². The number of amides is 2. The van der Waals surface area contributed by atoms with Gasteiger partial charge in [0.2, 0.25) is 11.8 Å². The molecule has 2 atom stereocenters. The topological polar surface area (TPSA) is 101 Å². The minimum absolute atomic E-state index is 0.0147. The van der Waals surface area contributed by atoms with Crippen molar-refractivity contribution in [2.24, 2.45) is 5.92 Å². The molecular weight excluding hydrogens is 466 g/mol. The van der Waals surface area contributed by atoms with Crippen molar-refractivity contribution in [2.75, 3.05) is 5.32 Å². The molecule has 3 heterocycles. The Morgan fingerprint density at radius 1 is 1.05 bits per heavy atom. The molecule has 1 fully saturated rings. The van der Waals surface area contributed by atoms with Gasteiger partial charge in [0.1, 0.15) is 11.5 Å². The van der Waals surface area contributed by atoms with Crippen molar-refractivity contribution in [1.29, 1.82) is 0 Å². The van der Waals surface area contributed by atoms with Crippen LogP contribution in [0, 0.1) is 5.92 Å². The number of hydrogen-bond donors (Lipinski definition) is 3. The molecule has 190 valence electrons. The van der Waals surface area contributed by atoms with Gasteiger partial charge in [-0.25, -0.2) is 4.68 Å². The highest BCUT2D eigenvalue weighted by molar-refractivity contribution is 5.91. The van der Waals surface area contributed by atoms with Gasteiger partial charge in [-0.05, 0) is 29.2 Å². The second kappa shape index (κ2) is 10.8. The number of carbonyl (C=O) groups is 2. The van der Waals surface area contributed by atoms with E-state index in [0.29, 0.717) is 23.7 Å². The zero-order valence-electron chi connectivity index (χ0n) is 20.9. The van der Waals surface area contributed by atoms with E-state index in [1.807, 2.05) is 66.7 Å². The van der Waals surface area contributed by atoms with Crippen molar-refractivity contribution in [3.05, 3.63) is 96.3 Å². The predicted octanol–water partition coefficient (Wildman–Crippen LogP) is 4.89. The zero-order valence-corrected chi connectivity index (χ0v) is 20.9. The Morgan fingerprint density at radius 3 is 2.32 bits per heavy atom. The third kappa shape index (κ3) is 5.65. The molecule has 1 saturated heterocycles. The molecule has 0 saturated carbocycles. The zero-order chi connectivity index (χ0) is 25.8. The summed E-state index contributed by atoms with van der Waals surface area (Å²) in [5, 5.41) is 14.1. The van der Waals surface area contributed by atoms with Crippen molar-refractivity contribution in [3.8, 4) is 11.5 Å². The highest BCUT2D eigenvalue weighted by Gasteiger charge is 2.31. The number of furan rings is 1. The molecule has 5 rings (SSSR count). The molecule has 2 unspecified atom stereocenters. The summed E-state index contributed by atoms with van der Waals surface area (Å²) >= 11 is 0. The highest BCUT2D eigenvalue weighted by atomic mass is 16.3. The Morgan fingerprint density at radius 2 is 1.73 bits per heavy atom.